The third-order valence-electron chi connectivity index (χ3n) is 7.16. The van der Waals surface area contributed by atoms with E-state index >= 15 is 0 Å². The molecule has 0 radical (unpaired) electrons. The molecule has 1 fully saturated rings. The highest BCUT2D eigenvalue weighted by molar-refractivity contribution is 5.92. The first-order chi connectivity index (χ1) is 16.2. The second-order valence-electron chi connectivity index (χ2n) is 9.38. The number of ether oxygens (including phenoxy) is 1. The molecule has 1 atom stereocenters. The Morgan fingerprint density at radius 2 is 1.71 bits per heavy atom. The monoisotopic (exact) mass is 462 g/mol. The van der Waals surface area contributed by atoms with Gasteiger partial charge in [-0.05, 0) is 42.0 Å². The van der Waals surface area contributed by atoms with Crippen molar-refractivity contribution in [2.75, 3.05) is 19.7 Å². The minimum absolute atomic E-state index is 0.0767. The molecule has 7 nitrogen and oxygen atoms in total. The minimum atomic E-state index is -1.19. The molecular weight excluding hydrogens is 432 g/mol. The summed E-state index contributed by atoms with van der Waals surface area (Å²) in [6, 6.07) is 16.2. The summed E-state index contributed by atoms with van der Waals surface area (Å²) in [4.78, 5) is 39.1. The molecule has 2 aromatic carbocycles. The largest absolute Gasteiger partial charge is 0.481 e. The van der Waals surface area contributed by atoms with Gasteiger partial charge in [0.15, 0.2) is 0 Å². The first-order valence-corrected chi connectivity index (χ1v) is 11.5. The number of carboxylic acids is 1. The first kappa shape index (κ1) is 23.5. The van der Waals surface area contributed by atoms with Crippen molar-refractivity contribution in [1.82, 2.24) is 10.2 Å². The zero-order valence-electron chi connectivity index (χ0n) is 19.5. The van der Waals surface area contributed by atoms with Gasteiger partial charge in [-0.1, -0.05) is 61.5 Å². The molecule has 2 aliphatic rings. The summed E-state index contributed by atoms with van der Waals surface area (Å²) in [6.45, 7) is 7.41. The number of aliphatic carboxylic acids is 1. The molecule has 2 N–H and O–H groups in total. The Labute approximate surface area is 199 Å². The molecule has 4 rings (SSSR count). The Hall–Kier alpha value is -3.61. The van der Waals surface area contributed by atoms with Crippen molar-refractivity contribution >= 4 is 18.0 Å². The molecule has 2 aromatic rings. The van der Waals surface area contributed by atoms with Gasteiger partial charge in [0.25, 0.3) is 0 Å². The Bertz CT molecular complexity index is 1090. The predicted octanol–water partition coefficient (Wildman–Crippen LogP) is 4.18. The second kappa shape index (κ2) is 8.97. The van der Waals surface area contributed by atoms with Crippen LogP contribution in [0.25, 0.3) is 11.1 Å². The highest BCUT2D eigenvalue weighted by atomic mass is 16.5. The number of amides is 2. The average molecular weight is 463 g/mol. The summed E-state index contributed by atoms with van der Waals surface area (Å²) in [7, 11) is 0. The number of carbonyl (C=O) groups is 3. The molecule has 1 saturated heterocycles. The molecule has 1 heterocycles. The fourth-order valence-electron chi connectivity index (χ4n) is 4.96. The van der Waals surface area contributed by atoms with Crippen LogP contribution >= 0.6 is 0 Å². The van der Waals surface area contributed by atoms with Gasteiger partial charge in [0.05, 0.1) is 0 Å². The maximum absolute atomic E-state index is 13.2. The van der Waals surface area contributed by atoms with E-state index in [0.29, 0.717) is 6.42 Å². The Balaban J connectivity index is 1.41. The maximum Gasteiger partial charge on any atom is 0.408 e. The van der Waals surface area contributed by atoms with E-state index in [1.807, 2.05) is 36.4 Å². The molecule has 0 bridgehead atoms. The van der Waals surface area contributed by atoms with Gasteiger partial charge < -0.3 is 20.1 Å². The average Bonchev–Trinajstić information content (AvgIpc) is 3.12. The molecule has 7 heteroatoms. The van der Waals surface area contributed by atoms with E-state index < -0.39 is 23.0 Å². The number of alkyl carbamates (subject to hydrolysis) is 1. The summed E-state index contributed by atoms with van der Waals surface area (Å²) in [5.74, 6) is -1.34. The van der Waals surface area contributed by atoms with Gasteiger partial charge >= 0.3 is 12.1 Å². The fourth-order valence-corrected chi connectivity index (χ4v) is 4.96. The zero-order chi connectivity index (χ0) is 24.5. The Morgan fingerprint density at radius 1 is 1.15 bits per heavy atom. The van der Waals surface area contributed by atoms with E-state index in [9.17, 15) is 19.5 Å². The van der Waals surface area contributed by atoms with Crippen molar-refractivity contribution in [2.24, 2.45) is 5.41 Å². The Kier molecular flexibility index (Phi) is 6.21. The molecule has 2 amide bonds. The van der Waals surface area contributed by atoms with E-state index in [4.69, 9.17) is 4.74 Å². The van der Waals surface area contributed by atoms with Crippen LogP contribution in [0.2, 0.25) is 0 Å². The lowest BCUT2D eigenvalue weighted by molar-refractivity contribution is -0.168. The number of carbonyl (C=O) groups excluding carboxylic acids is 2. The number of benzene rings is 2. The number of rotatable bonds is 8. The quantitative estimate of drug-likeness (QED) is 0.574. The van der Waals surface area contributed by atoms with Crippen LogP contribution in [0, 0.1) is 5.41 Å². The van der Waals surface area contributed by atoms with Gasteiger partial charge in [0, 0.05) is 19.0 Å². The van der Waals surface area contributed by atoms with E-state index in [1.54, 1.807) is 19.9 Å². The number of hydrogen-bond acceptors (Lipinski definition) is 4. The molecular formula is C27H30N2O5. The number of nitrogens with zero attached hydrogens (tertiary/aromatic N) is 1. The highest BCUT2D eigenvalue weighted by Crippen LogP contribution is 2.44. The van der Waals surface area contributed by atoms with E-state index in [1.165, 1.54) is 4.90 Å². The lowest BCUT2D eigenvalue weighted by Gasteiger charge is -2.49. The summed E-state index contributed by atoms with van der Waals surface area (Å²) in [6.07, 6.45) is 1.52. The van der Waals surface area contributed by atoms with Crippen LogP contribution in [-0.4, -0.2) is 53.2 Å². The Morgan fingerprint density at radius 3 is 2.21 bits per heavy atom. The lowest BCUT2D eigenvalue weighted by Crippen LogP contribution is -2.68. The number of hydrogen-bond donors (Lipinski definition) is 2. The highest BCUT2D eigenvalue weighted by Gasteiger charge is 2.53. The van der Waals surface area contributed by atoms with Gasteiger partial charge in [-0.3, -0.25) is 9.59 Å². The van der Waals surface area contributed by atoms with Crippen LogP contribution in [0.5, 0.6) is 0 Å². The number of carboxylic acid groups (broad SMARTS) is 1. The second-order valence-corrected chi connectivity index (χ2v) is 9.38. The van der Waals surface area contributed by atoms with Crippen molar-refractivity contribution < 1.29 is 24.2 Å². The van der Waals surface area contributed by atoms with Crippen LogP contribution in [-0.2, 0) is 14.3 Å². The number of likely N-dealkylation sites (tertiary alicyclic amines) is 1. The van der Waals surface area contributed by atoms with Gasteiger partial charge in [0.1, 0.15) is 17.6 Å². The molecule has 34 heavy (non-hydrogen) atoms. The number of nitrogens with one attached hydrogen (secondary N) is 1. The number of allylic oxidation sites excluding steroid dienone is 1. The van der Waals surface area contributed by atoms with Gasteiger partial charge in [-0.25, -0.2) is 4.79 Å². The minimum Gasteiger partial charge on any atom is -0.481 e. The molecule has 0 aromatic heterocycles. The van der Waals surface area contributed by atoms with Crippen LogP contribution in [0.15, 0.2) is 61.2 Å². The van der Waals surface area contributed by atoms with E-state index in [-0.39, 0.29) is 37.9 Å². The van der Waals surface area contributed by atoms with Crippen LogP contribution in [0.1, 0.15) is 43.7 Å². The fraction of sp³-hybridized carbons (Fsp3) is 0.370. The summed E-state index contributed by atoms with van der Waals surface area (Å²) in [5, 5.41) is 12.3. The molecule has 1 aliphatic carbocycles. The normalized spacial score (nSPS) is 17.5. The lowest BCUT2D eigenvalue weighted by atomic mass is 9.75. The molecule has 0 spiro atoms. The number of fused-ring (bicyclic) bond motifs is 3. The van der Waals surface area contributed by atoms with E-state index in [0.717, 1.165) is 22.3 Å². The predicted molar refractivity (Wildman–Crippen MR) is 128 cm³/mol. The van der Waals surface area contributed by atoms with Crippen LogP contribution < -0.4 is 5.32 Å². The summed E-state index contributed by atoms with van der Waals surface area (Å²) >= 11 is 0. The van der Waals surface area contributed by atoms with Gasteiger partial charge in [-0.15, -0.1) is 6.58 Å². The maximum atomic E-state index is 13.2. The summed E-state index contributed by atoms with van der Waals surface area (Å²) < 4.78 is 5.61. The molecule has 0 saturated carbocycles. The molecule has 1 unspecified atom stereocenters. The van der Waals surface area contributed by atoms with Gasteiger partial charge in [0.2, 0.25) is 5.91 Å². The van der Waals surface area contributed by atoms with Crippen molar-refractivity contribution in [3.8, 4) is 11.1 Å². The SMILES string of the molecule is C=CCC1(C(=O)O)CN(C(=O)C(C)(CC)NC(=O)OCC2c3ccccc3-c3ccccc32)C1. The van der Waals surface area contributed by atoms with Crippen molar-refractivity contribution in [2.45, 2.75) is 38.1 Å². The molecule has 178 valence electrons. The van der Waals surface area contributed by atoms with Crippen LogP contribution in [0.3, 0.4) is 0 Å². The van der Waals surface area contributed by atoms with Gasteiger partial charge in [-0.2, -0.15) is 0 Å². The van der Waals surface area contributed by atoms with Crippen molar-refractivity contribution in [3.63, 3.8) is 0 Å². The third kappa shape index (κ3) is 3.95. The standard InChI is InChI=1S/C27H30N2O5/c1-4-14-27(24(31)32)16-29(17-27)23(30)26(3,5-2)28-25(33)34-15-22-20-12-8-6-10-18(20)19-11-7-9-13-21(19)22/h4,6-13,22H,1,5,14-17H2,2-3H3,(H,28,33)(H,31,32). The smallest absolute Gasteiger partial charge is 0.408 e. The third-order valence-corrected chi connectivity index (χ3v) is 7.16. The van der Waals surface area contributed by atoms with Crippen molar-refractivity contribution in [1.29, 1.82) is 0 Å². The topological polar surface area (TPSA) is 95.9 Å². The summed E-state index contributed by atoms with van der Waals surface area (Å²) in [5.41, 5.74) is 2.30. The van der Waals surface area contributed by atoms with Crippen molar-refractivity contribution in [3.05, 3.63) is 72.3 Å². The van der Waals surface area contributed by atoms with E-state index in [2.05, 4.69) is 24.0 Å². The molecule has 1 aliphatic heterocycles. The zero-order valence-corrected chi connectivity index (χ0v) is 19.5. The van der Waals surface area contributed by atoms with Crippen LogP contribution in [0.4, 0.5) is 4.79 Å². The first-order valence-electron chi connectivity index (χ1n) is 11.5.